The van der Waals surface area contributed by atoms with E-state index in [-0.39, 0.29) is 16.4 Å². The van der Waals surface area contributed by atoms with E-state index in [1.807, 2.05) is 18.2 Å². The summed E-state index contributed by atoms with van der Waals surface area (Å²) in [5.74, 6) is -0.261. The molecule has 1 aliphatic carbocycles. The van der Waals surface area contributed by atoms with Crippen LogP contribution in [0.2, 0.25) is 0 Å². The number of carbonyl (C=O) groups is 1. The number of anilines is 1. The van der Waals surface area contributed by atoms with Crippen LogP contribution in [0.5, 0.6) is 0 Å². The van der Waals surface area contributed by atoms with Gasteiger partial charge >= 0.3 is 5.97 Å². The molecule has 1 aromatic carbocycles. The predicted molar refractivity (Wildman–Crippen MR) is 88.6 cm³/mol. The summed E-state index contributed by atoms with van der Waals surface area (Å²) in [5.41, 5.74) is 1.41. The molecule has 0 spiro atoms. The Hall–Kier alpha value is -2.32. The van der Waals surface area contributed by atoms with Crippen molar-refractivity contribution in [1.82, 2.24) is 0 Å². The van der Waals surface area contributed by atoms with Gasteiger partial charge in [-0.1, -0.05) is 36.6 Å². The maximum absolute atomic E-state index is 12.2. The first-order valence-electron chi connectivity index (χ1n) is 7.61. The molecule has 0 aromatic heterocycles. The van der Waals surface area contributed by atoms with Gasteiger partial charge in [-0.15, -0.1) is 0 Å². The van der Waals surface area contributed by atoms with Crippen LogP contribution >= 0.6 is 11.6 Å². The molecule has 0 amide bonds. The fraction of sp³-hybridized carbons (Fsp3) is 0.353. The van der Waals surface area contributed by atoms with Crippen LogP contribution in [0.15, 0.2) is 40.5 Å². The van der Waals surface area contributed by atoms with Crippen LogP contribution in [0, 0.1) is 17.2 Å². The summed E-state index contributed by atoms with van der Waals surface area (Å²) >= 11 is 6.13. The molecule has 0 unspecified atom stereocenters. The Kier molecular flexibility index (Phi) is 4.63. The Morgan fingerprint density at radius 1 is 1.39 bits per heavy atom. The number of para-hydroxylation sites is 2. The summed E-state index contributed by atoms with van der Waals surface area (Å²) in [6.07, 6.45) is 4.48. The van der Waals surface area contributed by atoms with E-state index in [0.717, 1.165) is 12.8 Å². The van der Waals surface area contributed by atoms with E-state index in [0.29, 0.717) is 23.9 Å². The Bertz CT molecular complexity index is 728. The Morgan fingerprint density at radius 2 is 2.13 bits per heavy atom. The van der Waals surface area contributed by atoms with Gasteiger partial charge in [-0.3, -0.25) is 0 Å². The number of halogens is 1. The van der Waals surface area contributed by atoms with Crippen molar-refractivity contribution in [3.63, 3.8) is 0 Å². The number of nitrogens with one attached hydrogen (secondary N) is 1. The van der Waals surface area contributed by atoms with Crippen molar-refractivity contribution < 1.29 is 9.53 Å². The standard InChI is InChI=1S/C17H16ClN3O2/c18-16-15(20-13-7-3-4-8-14(13)21-16)12(9-19)17(22)23-10-11-5-1-2-6-11/h3-4,7-8,11,20H,1-2,5-6,10H2. The molecule has 5 nitrogen and oxygen atoms in total. The minimum atomic E-state index is -0.658. The summed E-state index contributed by atoms with van der Waals surface area (Å²) < 4.78 is 5.30. The number of ether oxygens (including phenoxy) is 1. The minimum Gasteiger partial charge on any atom is -0.461 e. The normalized spacial score (nSPS) is 19.2. The molecule has 1 aliphatic heterocycles. The molecule has 6 heteroatoms. The molecule has 118 valence electrons. The quantitative estimate of drug-likeness (QED) is 0.518. The number of aliphatic imine (C=N–C) groups is 1. The molecule has 23 heavy (non-hydrogen) atoms. The van der Waals surface area contributed by atoms with Crippen molar-refractivity contribution in [3.05, 3.63) is 35.5 Å². The van der Waals surface area contributed by atoms with Crippen molar-refractivity contribution in [3.8, 4) is 6.07 Å². The third-order valence-electron chi connectivity index (χ3n) is 4.08. The molecular weight excluding hydrogens is 314 g/mol. The van der Waals surface area contributed by atoms with E-state index in [2.05, 4.69) is 10.3 Å². The molecular formula is C17H16ClN3O2. The highest BCUT2D eigenvalue weighted by Gasteiger charge is 2.25. The number of rotatable bonds is 3. The molecule has 1 N–H and O–H groups in total. The molecule has 1 aromatic rings. The van der Waals surface area contributed by atoms with Crippen LogP contribution < -0.4 is 5.32 Å². The number of nitriles is 1. The lowest BCUT2D eigenvalue weighted by molar-refractivity contribution is -0.139. The van der Waals surface area contributed by atoms with Gasteiger partial charge in [0.15, 0.2) is 10.7 Å². The van der Waals surface area contributed by atoms with E-state index >= 15 is 0 Å². The highest BCUT2D eigenvalue weighted by Crippen LogP contribution is 2.32. The summed E-state index contributed by atoms with van der Waals surface area (Å²) in [6.45, 7) is 0.350. The molecule has 1 saturated carbocycles. The molecule has 2 aliphatic rings. The number of nitrogens with zero attached hydrogens (tertiary/aromatic N) is 2. The zero-order valence-corrected chi connectivity index (χ0v) is 13.3. The smallest absolute Gasteiger partial charge is 0.351 e. The lowest BCUT2D eigenvalue weighted by Crippen LogP contribution is -2.20. The lowest BCUT2D eigenvalue weighted by Gasteiger charge is -2.18. The van der Waals surface area contributed by atoms with E-state index in [9.17, 15) is 10.1 Å². The maximum Gasteiger partial charge on any atom is 0.351 e. The Balaban J connectivity index is 1.80. The number of esters is 1. The van der Waals surface area contributed by atoms with Gasteiger partial charge in [-0.05, 0) is 30.9 Å². The monoisotopic (exact) mass is 329 g/mol. The van der Waals surface area contributed by atoms with Gasteiger partial charge < -0.3 is 10.1 Å². The first-order valence-corrected chi connectivity index (χ1v) is 7.99. The van der Waals surface area contributed by atoms with E-state index in [4.69, 9.17) is 16.3 Å². The van der Waals surface area contributed by atoms with Crippen molar-refractivity contribution in [2.75, 3.05) is 11.9 Å². The van der Waals surface area contributed by atoms with Gasteiger partial charge in [0.25, 0.3) is 0 Å². The molecule has 0 radical (unpaired) electrons. The average Bonchev–Trinajstić information content (AvgIpc) is 3.07. The average molecular weight is 330 g/mol. The van der Waals surface area contributed by atoms with Crippen LogP contribution in [0.3, 0.4) is 0 Å². The largest absolute Gasteiger partial charge is 0.461 e. The van der Waals surface area contributed by atoms with Gasteiger partial charge in [0.1, 0.15) is 11.8 Å². The first kappa shape index (κ1) is 15.6. The third-order valence-corrected chi connectivity index (χ3v) is 4.35. The van der Waals surface area contributed by atoms with Gasteiger partial charge in [0, 0.05) is 0 Å². The van der Waals surface area contributed by atoms with Crippen LogP contribution in [0.1, 0.15) is 25.7 Å². The van der Waals surface area contributed by atoms with E-state index in [1.54, 1.807) is 12.1 Å². The summed E-state index contributed by atoms with van der Waals surface area (Å²) in [6, 6.07) is 9.16. The fourth-order valence-corrected chi connectivity index (χ4v) is 3.07. The number of fused-ring (bicyclic) bond motifs is 1. The topological polar surface area (TPSA) is 74.5 Å². The fourth-order valence-electron chi connectivity index (χ4n) is 2.84. The molecule has 3 rings (SSSR count). The number of carbonyl (C=O) groups excluding carboxylic acids is 1. The first-order chi connectivity index (χ1) is 11.2. The maximum atomic E-state index is 12.2. The van der Waals surface area contributed by atoms with Crippen LogP contribution in [0.25, 0.3) is 0 Å². The second-order valence-corrected chi connectivity index (χ2v) is 6.01. The molecule has 0 bridgehead atoms. The van der Waals surface area contributed by atoms with Crippen molar-refractivity contribution in [1.29, 1.82) is 5.26 Å². The minimum absolute atomic E-state index is 0.0815. The number of benzene rings is 1. The van der Waals surface area contributed by atoms with Crippen LogP contribution in [-0.2, 0) is 9.53 Å². The summed E-state index contributed by atoms with van der Waals surface area (Å²) in [4.78, 5) is 16.5. The van der Waals surface area contributed by atoms with Gasteiger partial charge in [0.2, 0.25) is 0 Å². The van der Waals surface area contributed by atoms with E-state index in [1.165, 1.54) is 12.8 Å². The second-order valence-electron chi connectivity index (χ2n) is 5.66. The zero-order valence-electron chi connectivity index (χ0n) is 12.5. The number of hydrogen-bond donors (Lipinski definition) is 1. The molecule has 0 saturated heterocycles. The third kappa shape index (κ3) is 3.38. The highest BCUT2D eigenvalue weighted by molar-refractivity contribution is 6.70. The molecule has 0 atom stereocenters. The van der Waals surface area contributed by atoms with Gasteiger partial charge in [-0.25, -0.2) is 9.79 Å². The number of hydrogen-bond acceptors (Lipinski definition) is 5. The van der Waals surface area contributed by atoms with Crippen molar-refractivity contribution in [2.24, 2.45) is 10.9 Å². The Labute approximate surface area is 139 Å². The summed E-state index contributed by atoms with van der Waals surface area (Å²) in [7, 11) is 0. The number of allylic oxidation sites excluding steroid dienone is 1. The zero-order chi connectivity index (χ0) is 16.2. The Morgan fingerprint density at radius 3 is 2.87 bits per heavy atom. The predicted octanol–water partition coefficient (Wildman–Crippen LogP) is 3.89. The summed E-state index contributed by atoms with van der Waals surface area (Å²) in [5, 5.41) is 12.4. The van der Waals surface area contributed by atoms with Crippen LogP contribution in [0.4, 0.5) is 11.4 Å². The SMILES string of the molecule is N#CC(C(=O)OCC1CCCC1)=C1Nc2ccccc2N=C1Cl. The second kappa shape index (κ2) is 6.84. The van der Waals surface area contributed by atoms with E-state index < -0.39 is 5.97 Å². The lowest BCUT2D eigenvalue weighted by atomic mass is 10.1. The van der Waals surface area contributed by atoms with Crippen molar-refractivity contribution >= 4 is 34.1 Å². The molecule has 1 fully saturated rings. The van der Waals surface area contributed by atoms with Crippen LogP contribution in [-0.4, -0.2) is 17.7 Å². The highest BCUT2D eigenvalue weighted by atomic mass is 35.5. The molecule has 1 heterocycles. The van der Waals surface area contributed by atoms with Gasteiger partial charge in [-0.2, -0.15) is 5.26 Å². The van der Waals surface area contributed by atoms with Gasteiger partial charge in [0.05, 0.1) is 18.0 Å². The van der Waals surface area contributed by atoms with Crippen molar-refractivity contribution in [2.45, 2.75) is 25.7 Å².